The Labute approximate surface area is 194 Å². The van der Waals surface area contributed by atoms with Crippen LogP contribution in [0.4, 0.5) is 0 Å². The first kappa shape index (κ1) is 20.3. The zero-order valence-corrected chi connectivity index (χ0v) is 18.2. The molecule has 0 aromatic carbocycles. The minimum Gasteiger partial charge on any atom is -0.459 e. The topological polar surface area (TPSA) is 123 Å². The first-order chi connectivity index (χ1) is 16.7. The fourth-order valence-electron chi connectivity index (χ4n) is 3.91. The number of hydrogen-bond acceptors (Lipinski definition) is 8. The first-order valence-electron chi connectivity index (χ1n) is 11.1. The van der Waals surface area contributed by atoms with Gasteiger partial charge in [0.05, 0.1) is 11.8 Å². The third-order valence-corrected chi connectivity index (χ3v) is 6.03. The molecule has 11 nitrogen and oxygen atoms in total. The van der Waals surface area contributed by atoms with Gasteiger partial charge in [0, 0.05) is 44.5 Å². The molecule has 1 saturated heterocycles. The van der Waals surface area contributed by atoms with Crippen molar-refractivity contribution in [2.24, 2.45) is 0 Å². The average molecular weight is 459 g/mol. The number of pyridine rings is 1. The van der Waals surface area contributed by atoms with Gasteiger partial charge in [0.25, 0.3) is 17.7 Å². The van der Waals surface area contributed by atoms with E-state index in [0.29, 0.717) is 55.3 Å². The summed E-state index contributed by atoms with van der Waals surface area (Å²) < 4.78 is 12.2. The molecule has 0 N–H and O–H groups in total. The van der Waals surface area contributed by atoms with Crippen LogP contribution in [0.1, 0.15) is 45.6 Å². The summed E-state index contributed by atoms with van der Waals surface area (Å²) in [5, 5.41) is 4.03. The summed E-state index contributed by atoms with van der Waals surface area (Å²) in [6, 6.07) is 6.98. The SMILES string of the molecule is O=C(c1cn(-c2ccc(-c3nc(C4CC4)no3)cn2)cn1)N1CCN(C(=O)c2ccco2)CC1. The zero-order valence-electron chi connectivity index (χ0n) is 18.2. The monoisotopic (exact) mass is 459 g/mol. The third kappa shape index (κ3) is 3.85. The highest BCUT2D eigenvalue weighted by Gasteiger charge is 2.29. The van der Waals surface area contributed by atoms with Crippen molar-refractivity contribution in [1.82, 2.24) is 34.5 Å². The minimum atomic E-state index is -0.182. The Kier molecular flexibility index (Phi) is 4.93. The van der Waals surface area contributed by atoms with Crippen molar-refractivity contribution in [3.05, 3.63) is 66.5 Å². The van der Waals surface area contributed by atoms with E-state index in [1.165, 1.54) is 6.26 Å². The van der Waals surface area contributed by atoms with E-state index in [0.717, 1.165) is 24.2 Å². The van der Waals surface area contributed by atoms with Crippen molar-refractivity contribution in [3.63, 3.8) is 0 Å². The van der Waals surface area contributed by atoms with E-state index in [4.69, 9.17) is 8.94 Å². The number of imidazole rings is 1. The van der Waals surface area contributed by atoms with Crippen molar-refractivity contribution < 1.29 is 18.5 Å². The van der Waals surface area contributed by atoms with Crippen molar-refractivity contribution >= 4 is 11.8 Å². The Morgan fingerprint density at radius 3 is 2.44 bits per heavy atom. The second-order valence-corrected chi connectivity index (χ2v) is 8.36. The van der Waals surface area contributed by atoms with E-state index in [2.05, 4.69) is 20.1 Å². The summed E-state index contributed by atoms with van der Waals surface area (Å²) in [6.07, 6.45) is 8.57. The molecule has 5 heterocycles. The first-order valence-corrected chi connectivity index (χ1v) is 11.1. The molecule has 0 unspecified atom stereocenters. The molecule has 0 atom stereocenters. The average Bonchev–Trinajstić information content (AvgIpc) is 3.31. The van der Waals surface area contributed by atoms with E-state index >= 15 is 0 Å². The van der Waals surface area contributed by atoms with Crippen LogP contribution >= 0.6 is 0 Å². The largest absolute Gasteiger partial charge is 0.459 e. The normalized spacial score (nSPS) is 16.1. The van der Waals surface area contributed by atoms with E-state index in [1.54, 1.807) is 45.2 Å². The Balaban J connectivity index is 1.09. The molecule has 11 heteroatoms. The molecule has 1 saturated carbocycles. The van der Waals surface area contributed by atoms with E-state index in [1.807, 2.05) is 12.1 Å². The summed E-state index contributed by atoms with van der Waals surface area (Å²) in [7, 11) is 0. The molecule has 34 heavy (non-hydrogen) atoms. The van der Waals surface area contributed by atoms with Crippen LogP contribution in [-0.2, 0) is 0 Å². The van der Waals surface area contributed by atoms with Crippen LogP contribution in [0, 0.1) is 0 Å². The van der Waals surface area contributed by atoms with Crippen LogP contribution in [0.3, 0.4) is 0 Å². The lowest BCUT2D eigenvalue weighted by Gasteiger charge is -2.33. The fourth-order valence-corrected chi connectivity index (χ4v) is 3.91. The van der Waals surface area contributed by atoms with Gasteiger partial charge in [-0.15, -0.1) is 0 Å². The number of carbonyl (C=O) groups excluding carboxylic acids is 2. The van der Waals surface area contributed by atoms with E-state index in [-0.39, 0.29) is 11.8 Å². The van der Waals surface area contributed by atoms with Crippen LogP contribution in [-0.4, -0.2) is 72.5 Å². The lowest BCUT2D eigenvalue weighted by Crippen LogP contribution is -2.50. The molecule has 2 amide bonds. The Morgan fingerprint density at radius 2 is 1.76 bits per heavy atom. The maximum absolute atomic E-state index is 12.9. The number of hydrogen-bond donors (Lipinski definition) is 0. The molecule has 0 radical (unpaired) electrons. The number of amides is 2. The van der Waals surface area contributed by atoms with Gasteiger partial charge < -0.3 is 18.7 Å². The summed E-state index contributed by atoms with van der Waals surface area (Å²) >= 11 is 0. The lowest BCUT2D eigenvalue weighted by atomic mass is 10.2. The number of piperazine rings is 1. The second-order valence-electron chi connectivity index (χ2n) is 8.36. The van der Waals surface area contributed by atoms with Crippen molar-refractivity contribution in [1.29, 1.82) is 0 Å². The lowest BCUT2D eigenvalue weighted by molar-refractivity contribution is 0.0515. The summed E-state index contributed by atoms with van der Waals surface area (Å²) in [6.45, 7) is 1.73. The highest BCUT2D eigenvalue weighted by molar-refractivity contribution is 5.93. The van der Waals surface area contributed by atoms with Crippen LogP contribution < -0.4 is 0 Å². The molecule has 6 rings (SSSR count). The molecule has 2 aliphatic rings. The molecular weight excluding hydrogens is 438 g/mol. The van der Waals surface area contributed by atoms with Crippen LogP contribution in [0.25, 0.3) is 17.3 Å². The fraction of sp³-hybridized carbons (Fsp3) is 0.304. The smallest absolute Gasteiger partial charge is 0.289 e. The van der Waals surface area contributed by atoms with Gasteiger partial charge in [-0.05, 0) is 37.1 Å². The molecular formula is C23H21N7O4. The molecule has 0 bridgehead atoms. The quantitative estimate of drug-likeness (QED) is 0.446. The van der Waals surface area contributed by atoms with E-state index in [9.17, 15) is 9.59 Å². The van der Waals surface area contributed by atoms with Crippen LogP contribution in [0.15, 0.2) is 58.2 Å². The van der Waals surface area contributed by atoms with Gasteiger partial charge in [-0.3, -0.25) is 14.2 Å². The Bertz CT molecular complexity index is 1310. The predicted molar refractivity (Wildman–Crippen MR) is 117 cm³/mol. The van der Waals surface area contributed by atoms with Gasteiger partial charge in [0.2, 0.25) is 0 Å². The van der Waals surface area contributed by atoms with Crippen LogP contribution in [0.2, 0.25) is 0 Å². The molecule has 0 spiro atoms. The minimum absolute atomic E-state index is 0.166. The van der Waals surface area contributed by atoms with Gasteiger partial charge in [0.15, 0.2) is 11.6 Å². The molecule has 172 valence electrons. The molecule has 1 aliphatic heterocycles. The molecule has 1 aliphatic carbocycles. The summed E-state index contributed by atoms with van der Waals surface area (Å²) in [5.41, 5.74) is 1.06. The van der Waals surface area contributed by atoms with Gasteiger partial charge in [-0.2, -0.15) is 4.98 Å². The van der Waals surface area contributed by atoms with Gasteiger partial charge in [-0.1, -0.05) is 5.16 Å². The molecule has 4 aromatic heterocycles. The maximum Gasteiger partial charge on any atom is 0.289 e. The third-order valence-electron chi connectivity index (χ3n) is 6.03. The summed E-state index contributed by atoms with van der Waals surface area (Å²) in [4.78, 5) is 41.9. The van der Waals surface area contributed by atoms with Crippen molar-refractivity contribution in [2.45, 2.75) is 18.8 Å². The van der Waals surface area contributed by atoms with Crippen molar-refractivity contribution in [3.8, 4) is 17.3 Å². The van der Waals surface area contributed by atoms with Gasteiger partial charge in [-0.25, -0.2) is 9.97 Å². The molecule has 4 aromatic rings. The second kappa shape index (κ2) is 8.25. The number of nitrogens with zero attached hydrogens (tertiary/aromatic N) is 7. The van der Waals surface area contributed by atoms with Gasteiger partial charge >= 0.3 is 0 Å². The standard InChI is InChI=1S/C23H21N7O4/c31-22(28-7-9-29(10-8-28)23(32)18-2-1-11-33-18)17-13-30(14-25-17)19-6-5-16(12-24-19)21-26-20(27-34-21)15-3-4-15/h1-2,5-6,11-15H,3-4,7-10H2. The number of furan rings is 1. The van der Waals surface area contributed by atoms with Crippen LogP contribution in [0.5, 0.6) is 0 Å². The van der Waals surface area contributed by atoms with Gasteiger partial charge in [0.1, 0.15) is 17.8 Å². The summed E-state index contributed by atoms with van der Waals surface area (Å²) in [5.74, 6) is 2.20. The highest BCUT2D eigenvalue weighted by Crippen LogP contribution is 2.38. The molecule has 2 fully saturated rings. The maximum atomic E-state index is 12.9. The predicted octanol–water partition coefficient (Wildman–Crippen LogP) is 2.39. The number of rotatable bonds is 5. The van der Waals surface area contributed by atoms with Crippen molar-refractivity contribution in [2.75, 3.05) is 26.2 Å². The highest BCUT2D eigenvalue weighted by atomic mass is 16.5. The number of carbonyl (C=O) groups is 2. The number of aromatic nitrogens is 5. The Hall–Kier alpha value is -4.28. The zero-order chi connectivity index (χ0) is 23.1. The van der Waals surface area contributed by atoms with E-state index < -0.39 is 0 Å². The Morgan fingerprint density at radius 1 is 0.971 bits per heavy atom.